The molecule has 0 aromatic heterocycles. The molecule has 7 heteroatoms. The van der Waals surface area contributed by atoms with Crippen molar-refractivity contribution in [3.8, 4) is 0 Å². The third-order valence-corrected chi connectivity index (χ3v) is 5.15. The van der Waals surface area contributed by atoms with Crippen molar-refractivity contribution < 1.29 is 28.8 Å². The second kappa shape index (κ2) is 5.63. The van der Waals surface area contributed by atoms with E-state index in [9.17, 15) is 28.8 Å². The molecule has 110 valence electrons. The third kappa shape index (κ3) is 2.77. The van der Waals surface area contributed by atoms with Gasteiger partial charge < -0.3 is 20.4 Å². The van der Waals surface area contributed by atoms with Crippen molar-refractivity contribution in [3.63, 3.8) is 0 Å². The summed E-state index contributed by atoms with van der Waals surface area (Å²) in [6.45, 7) is 0. The van der Waals surface area contributed by atoms with Crippen LogP contribution in [-0.4, -0.2) is 53.3 Å². The quantitative estimate of drug-likeness (QED) is 0.568. The van der Waals surface area contributed by atoms with Crippen LogP contribution >= 0.6 is 0 Å². The van der Waals surface area contributed by atoms with E-state index in [1.807, 2.05) is 0 Å². The Morgan fingerprint density at radius 1 is 0.950 bits per heavy atom. The number of aliphatic hydroxyl groups excluding tert-OH is 4. The van der Waals surface area contributed by atoms with Gasteiger partial charge in [-0.2, -0.15) is 0 Å². The highest BCUT2D eigenvalue weighted by atomic mass is 32.2. The van der Waals surface area contributed by atoms with Crippen LogP contribution in [0.3, 0.4) is 0 Å². The maximum Gasteiger partial charge on any atom is 0.202 e. The van der Waals surface area contributed by atoms with Gasteiger partial charge in [0, 0.05) is 6.42 Å². The van der Waals surface area contributed by atoms with Crippen molar-refractivity contribution in [1.29, 1.82) is 0 Å². The molecule has 0 heterocycles. The number of hydrogen-bond acceptors (Lipinski definition) is 6. The van der Waals surface area contributed by atoms with E-state index in [1.54, 1.807) is 18.2 Å². The van der Waals surface area contributed by atoms with Crippen LogP contribution in [0.1, 0.15) is 6.42 Å². The lowest BCUT2D eigenvalue weighted by Gasteiger charge is -2.21. The van der Waals surface area contributed by atoms with Crippen LogP contribution in [0.25, 0.3) is 0 Å². The summed E-state index contributed by atoms with van der Waals surface area (Å²) in [6, 6.07) is 7.57. The molecule has 2 rings (SSSR count). The summed E-state index contributed by atoms with van der Waals surface area (Å²) in [4.78, 5) is -0.198. The topological polar surface area (TPSA) is 115 Å². The first kappa shape index (κ1) is 15.1. The van der Waals surface area contributed by atoms with E-state index in [-0.39, 0.29) is 16.2 Å². The van der Waals surface area contributed by atoms with Crippen LogP contribution in [0.2, 0.25) is 0 Å². The number of rotatable bonds is 2. The first-order valence-electron chi connectivity index (χ1n) is 6.07. The standard InChI is InChI=1S/C13H16O6S/c14-10-6-9(7-11(15)13(17)12(10)16)20(18,19)8-4-2-1-3-5-8/h1-6,10-17H,7H2/t10-,11-,12-,13-/m1/s1. The van der Waals surface area contributed by atoms with Crippen molar-refractivity contribution >= 4 is 9.84 Å². The summed E-state index contributed by atoms with van der Waals surface area (Å²) in [5, 5.41) is 38.5. The minimum absolute atomic E-state index is 0.0246. The van der Waals surface area contributed by atoms with Gasteiger partial charge in [-0.3, -0.25) is 0 Å². The highest BCUT2D eigenvalue weighted by Crippen LogP contribution is 2.28. The van der Waals surface area contributed by atoms with Crippen molar-refractivity contribution in [1.82, 2.24) is 0 Å². The Morgan fingerprint density at radius 3 is 2.15 bits per heavy atom. The van der Waals surface area contributed by atoms with Crippen molar-refractivity contribution in [2.45, 2.75) is 35.7 Å². The molecule has 6 nitrogen and oxygen atoms in total. The van der Waals surface area contributed by atoms with Crippen molar-refractivity contribution in [3.05, 3.63) is 41.3 Å². The molecule has 0 bridgehead atoms. The predicted molar refractivity (Wildman–Crippen MR) is 70.4 cm³/mol. The zero-order valence-electron chi connectivity index (χ0n) is 10.5. The minimum Gasteiger partial charge on any atom is -0.390 e. The van der Waals surface area contributed by atoms with Gasteiger partial charge in [0.1, 0.15) is 18.3 Å². The Bertz CT molecular complexity index is 595. The molecule has 4 N–H and O–H groups in total. The van der Waals surface area contributed by atoms with E-state index >= 15 is 0 Å². The van der Waals surface area contributed by atoms with Crippen LogP contribution < -0.4 is 0 Å². The average molecular weight is 300 g/mol. The lowest BCUT2D eigenvalue weighted by molar-refractivity contribution is -0.0881. The molecule has 20 heavy (non-hydrogen) atoms. The fourth-order valence-corrected chi connectivity index (χ4v) is 3.59. The summed E-state index contributed by atoms with van der Waals surface area (Å²) < 4.78 is 24.8. The number of hydrogen-bond donors (Lipinski definition) is 4. The van der Waals surface area contributed by atoms with Gasteiger partial charge in [-0.25, -0.2) is 8.42 Å². The minimum atomic E-state index is -3.88. The Balaban J connectivity index is 2.44. The van der Waals surface area contributed by atoms with Gasteiger partial charge in [0.25, 0.3) is 0 Å². The summed E-state index contributed by atoms with van der Waals surface area (Å²) in [5.41, 5.74) is 0. The second-order valence-corrected chi connectivity index (χ2v) is 6.70. The van der Waals surface area contributed by atoms with Crippen LogP contribution in [0.15, 0.2) is 46.2 Å². The molecule has 0 unspecified atom stereocenters. The van der Waals surface area contributed by atoms with Gasteiger partial charge in [0.15, 0.2) is 0 Å². The SMILES string of the molecule is O=S(=O)(C1=C[C@@H](O)[C@@H](O)[C@H](O)[C@H](O)C1)c1ccccc1. The summed E-state index contributed by atoms with van der Waals surface area (Å²) >= 11 is 0. The van der Waals surface area contributed by atoms with Gasteiger partial charge in [0.2, 0.25) is 9.84 Å². The van der Waals surface area contributed by atoms with E-state index in [1.165, 1.54) is 12.1 Å². The molecule has 0 fully saturated rings. The van der Waals surface area contributed by atoms with Crippen molar-refractivity contribution in [2.24, 2.45) is 0 Å². The number of benzene rings is 1. The van der Waals surface area contributed by atoms with Crippen molar-refractivity contribution in [2.75, 3.05) is 0 Å². The Morgan fingerprint density at radius 2 is 1.55 bits per heavy atom. The lowest BCUT2D eigenvalue weighted by atomic mass is 10.1. The molecular weight excluding hydrogens is 284 g/mol. The number of sulfone groups is 1. The normalized spacial score (nSPS) is 31.5. The first-order chi connectivity index (χ1) is 9.34. The van der Waals surface area contributed by atoms with Crippen LogP contribution in [0.4, 0.5) is 0 Å². The van der Waals surface area contributed by atoms with E-state index in [0.29, 0.717) is 0 Å². The maximum atomic E-state index is 12.4. The molecule has 0 radical (unpaired) electrons. The van der Waals surface area contributed by atoms with E-state index in [0.717, 1.165) is 6.08 Å². The molecule has 1 aliphatic rings. The largest absolute Gasteiger partial charge is 0.390 e. The zero-order chi connectivity index (χ0) is 14.9. The van der Waals surface area contributed by atoms with E-state index in [2.05, 4.69) is 0 Å². The summed E-state index contributed by atoms with van der Waals surface area (Å²) in [6.07, 6.45) is -5.67. The zero-order valence-corrected chi connectivity index (χ0v) is 11.3. The fraction of sp³-hybridized carbons (Fsp3) is 0.385. The Kier molecular flexibility index (Phi) is 4.26. The van der Waals surface area contributed by atoms with Gasteiger partial charge in [0.05, 0.1) is 15.9 Å². The molecule has 1 aromatic rings. The molecular formula is C13H16O6S. The maximum absolute atomic E-state index is 12.4. The van der Waals surface area contributed by atoms with Gasteiger partial charge in [-0.05, 0) is 18.2 Å². The smallest absolute Gasteiger partial charge is 0.202 e. The summed E-state index contributed by atoms with van der Waals surface area (Å²) in [7, 11) is -3.88. The third-order valence-electron chi connectivity index (χ3n) is 3.26. The molecule has 0 spiro atoms. The Labute approximate surface area is 116 Å². The second-order valence-electron chi connectivity index (χ2n) is 4.69. The monoisotopic (exact) mass is 300 g/mol. The van der Waals surface area contributed by atoms with E-state index in [4.69, 9.17) is 0 Å². The van der Waals surface area contributed by atoms with E-state index < -0.39 is 34.3 Å². The molecule has 0 aliphatic heterocycles. The molecule has 4 atom stereocenters. The van der Waals surface area contributed by atoms with Gasteiger partial charge in [-0.15, -0.1) is 0 Å². The highest BCUT2D eigenvalue weighted by Gasteiger charge is 2.36. The van der Waals surface area contributed by atoms with Crippen LogP contribution in [0, 0.1) is 0 Å². The summed E-state index contributed by atoms with van der Waals surface area (Å²) in [5.74, 6) is 0. The van der Waals surface area contributed by atoms with Crippen LogP contribution in [-0.2, 0) is 9.84 Å². The first-order valence-corrected chi connectivity index (χ1v) is 7.55. The Hall–Kier alpha value is -1.25. The van der Waals surface area contributed by atoms with Gasteiger partial charge in [-0.1, -0.05) is 18.2 Å². The predicted octanol–water partition coefficient (Wildman–Crippen LogP) is -0.809. The van der Waals surface area contributed by atoms with Gasteiger partial charge >= 0.3 is 0 Å². The molecule has 1 aromatic carbocycles. The lowest BCUT2D eigenvalue weighted by Crippen LogP contribution is -2.42. The molecule has 0 saturated carbocycles. The highest BCUT2D eigenvalue weighted by molar-refractivity contribution is 7.95. The fourth-order valence-electron chi connectivity index (χ4n) is 2.06. The molecule has 1 aliphatic carbocycles. The average Bonchev–Trinajstić information content (AvgIpc) is 2.53. The molecule has 0 amide bonds. The number of aliphatic hydroxyl groups is 4. The van der Waals surface area contributed by atoms with Crippen LogP contribution in [0.5, 0.6) is 0 Å². The molecule has 0 saturated heterocycles.